The molecule has 1 aromatic carbocycles. The first-order valence-electron chi connectivity index (χ1n) is 14.4. The van der Waals surface area contributed by atoms with Crippen molar-refractivity contribution < 1.29 is 27.5 Å². The van der Waals surface area contributed by atoms with Crippen LogP contribution in [0.1, 0.15) is 85.7 Å². The number of carbonyl (C=O) groups is 2. The highest BCUT2D eigenvalue weighted by Gasteiger charge is 2.38. The topological polar surface area (TPSA) is 91.4 Å². The first-order chi connectivity index (χ1) is 20.2. The molecule has 0 aliphatic rings. The Hall–Kier alpha value is -3.86. The van der Waals surface area contributed by atoms with Gasteiger partial charge < -0.3 is 4.74 Å². The monoisotopic (exact) mass is 583 g/mol. The molecule has 0 radical (unpaired) electrons. The summed E-state index contributed by atoms with van der Waals surface area (Å²) in [4.78, 5) is 33.8. The summed E-state index contributed by atoms with van der Waals surface area (Å²) in [6, 6.07) is 5.70. The van der Waals surface area contributed by atoms with E-state index in [0.717, 1.165) is 22.2 Å². The molecule has 4 aromatic rings. The van der Waals surface area contributed by atoms with E-state index in [0.29, 0.717) is 62.2 Å². The van der Waals surface area contributed by atoms with E-state index in [1.165, 1.54) is 18.6 Å². The number of fused-ring (bicyclic) bond motifs is 1. The Balaban J connectivity index is 1.60. The van der Waals surface area contributed by atoms with Crippen LogP contribution in [0.5, 0.6) is 0 Å². The normalized spacial score (nSPS) is 11.9. The van der Waals surface area contributed by atoms with Gasteiger partial charge in [-0.15, -0.1) is 0 Å². The van der Waals surface area contributed by atoms with Crippen LogP contribution in [0.2, 0.25) is 0 Å². The maximum atomic E-state index is 14.0. The summed E-state index contributed by atoms with van der Waals surface area (Å²) in [6.07, 6.45) is 4.94. The summed E-state index contributed by atoms with van der Waals surface area (Å²) in [6.45, 7) is 6.89. The predicted octanol–water partition coefficient (Wildman–Crippen LogP) is 6.52. The second-order valence-electron chi connectivity index (χ2n) is 10.2. The van der Waals surface area contributed by atoms with Gasteiger partial charge in [0.15, 0.2) is 22.9 Å². The van der Waals surface area contributed by atoms with Crippen LogP contribution in [0.3, 0.4) is 0 Å². The zero-order chi connectivity index (χ0) is 30.3. The van der Waals surface area contributed by atoms with Crippen molar-refractivity contribution in [3.8, 4) is 11.3 Å². The van der Waals surface area contributed by atoms with Gasteiger partial charge >= 0.3 is 6.18 Å². The van der Waals surface area contributed by atoms with E-state index in [1.54, 1.807) is 10.6 Å². The fraction of sp³-hybridized carbons (Fsp3) is 0.452. The number of nitrogens with zero attached hydrogens (tertiary/aromatic N) is 5. The summed E-state index contributed by atoms with van der Waals surface area (Å²) in [5.74, 6) is -0.112. The van der Waals surface area contributed by atoms with Gasteiger partial charge in [0, 0.05) is 56.6 Å². The van der Waals surface area contributed by atoms with Gasteiger partial charge in [0.05, 0.1) is 29.7 Å². The number of hydrogen-bond acceptors (Lipinski definition) is 6. The third-order valence-electron chi connectivity index (χ3n) is 6.94. The zero-order valence-electron chi connectivity index (χ0n) is 24.2. The standard InChI is InChI=1S/C31H36F3N5O3/c1-4-8-23(40)19-38-20-25(29(37-38)31(32,33)34)27-18-36-30-26(35-12-13-39(27)30)17-21-10-11-24(22(6-3)16-21)28(41)9-7-15-42-14-5-2/h10-13,16,18,20H,4-9,14-15,17,19H2,1-3H3. The minimum Gasteiger partial charge on any atom is -0.381 e. The van der Waals surface area contributed by atoms with Crippen molar-refractivity contribution in [2.75, 3.05) is 13.2 Å². The second kappa shape index (κ2) is 13.9. The number of imidazole rings is 1. The van der Waals surface area contributed by atoms with E-state index in [2.05, 4.69) is 15.1 Å². The average Bonchev–Trinajstić information content (AvgIpc) is 3.57. The summed E-state index contributed by atoms with van der Waals surface area (Å²) in [5.41, 5.74) is 2.51. The number of benzene rings is 1. The number of hydrogen-bond donors (Lipinski definition) is 0. The molecule has 11 heteroatoms. The van der Waals surface area contributed by atoms with Gasteiger partial charge in [-0.05, 0) is 36.8 Å². The highest BCUT2D eigenvalue weighted by molar-refractivity contribution is 5.97. The zero-order valence-corrected chi connectivity index (χ0v) is 24.2. The molecule has 0 spiro atoms. The number of Topliss-reactive ketones (excluding diaryl/α,β-unsaturated/α-hetero) is 2. The lowest BCUT2D eigenvalue weighted by Gasteiger charge is -2.11. The van der Waals surface area contributed by atoms with Crippen LogP contribution in [-0.4, -0.2) is 48.9 Å². The van der Waals surface area contributed by atoms with Gasteiger partial charge in [0.2, 0.25) is 0 Å². The molecule has 0 unspecified atom stereocenters. The van der Waals surface area contributed by atoms with E-state index in [4.69, 9.17) is 4.74 Å². The fourth-order valence-corrected chi connectivity index (χ4v) is 4.97. The van der Waals surface area contributed by atoms with Crippen LogP contribution >= 0.6 is 0 Å². The van der Waals surface area contributed by atoms with Gasteiger partial charge in [-0.25, -0.2) is 4.98 Å². The van der Waals surface area contributed by atoms with Crippen LogP contribution < -0.4 is 0 Å². The number of carbonyl (C=O) groups excluding carboxylic acids is 2. The van der Waals surface area contributed by atoms with Gasteiger partial charge in [-0.1, -0.05) is 39.0 Å². The third-order valence-corrected chi connectivity index (χ3v) is 6.94. The summed E-state index contributed by atoms with van der Waals surface area (Å²) in [5, 5.41) is 3.71. The molecule has 0 aliphatic heterocycles. The Bertz CT molecular complexity index is 1540. The minimum absolute atomic E-state index is 0.0778. The average molecular weight is 584 g/mol. The van der Waals surface area contributed by atoms with Crippen molar-refractivity contribution >= 4 is 17.2 Å². The molecule has 0 bridgehead atoms. The van der Waals surface area contributed by atoms with E-state index in [9.17, 15) is 22.8 Å². The third kappa shape index (κ3) is 7.31. The molecular formula is C31H36F3N5O3. The lowest BCUT2D eigenvalue weighted by atomic mass is 9.95. The Morgan fingerprint density at radius 3 is 2.55 bits per heavy atom. The van der Waals surface area contributed by atoms with Crippen LogP contribution in [0.25, 0.3) is 16.9 Å². The summed E-state index contributed by atoms with van der Waals surface area (Å²) >= 11 is 0. The summed E-state index contributed by atoms with van der Waals surface area (Å²) < 4.78 is 49.9. The quantitative estimate of drug-likeness (QED) is 0.117. The molecule has 4 rings (SSSR count). The van der Waals surface area contributed by atoms with Gasteiger partial charge in [-0.3, -0.25) is 23.7 Å². The first-order valence-corrected chi connectivity index (χ1v) is 14.4. The molecule has 3 heterocycles. The number of rotatable bonds is 15. The molecule has 0 N–H and O–H groups in total. The van der Waals surface area contributed by atoms with Gasteiger partial charge in [0.1, 0.15) is 0 Å². The highest BCUT2D eigenvalue weighted by Crippen LogP contribution is 2.36. The molecule has 3 aromatic heterocycles. The van der Waals surface area contributed by atoms with E-state index in [1.807, 2.05) is 39.0 Å². The second-order valence-corrected chi connectivity index (χ2v) is 10.2. The SMILES string of the molecule is CCCOCCCC(=O)c1ccc(Cc2nccn3c(-c4cn(CC(=O)CCC)nc4C(F)(F)F)cnc23)cc1CC. The van der Waals surface area contributed by atoms with Crippen LogP contribution in [0.4, 0.5) is 13.2 Å². The lowest BCUT2D eigenvalue weighted by Crippen LogP contribution is -2.13. The van der Waals surface area contributed by atoms with Crippen molar-refractivity contribution in [1.82, 2.24) is 24.1 Å². The van der Waals surface area contributed by atoms with Crippen molar-refractivity contribution in [2.24, 2.45) is 0 Å². The Kier molecular flexibility index (Phi) is 10.3. The fourth-order valence-electron chi connectivity index (χ4n) is 4.97. The molecule has 42 heavy (non-hydrogen) atoms. The largest absolute Gasteiger partial charge is 0.435 e. The molecule has 0 aliphatic carbocycles. The predicted molar refractivity (Wildman–Crippen MR) is 152 cm³/mol. The first kappa shape index (κ1) is 31.1. The Labute approximate surface area is 242 Å². The van der Waals surface area contributed by atoms with Gasteiger partial charge in [0.25, 0.3) is 0 Å². The molecule has 0 atom stereocenters. The van der Waals surface area contributed by atoms with Crippen LogP contribution in [-0.2, 0) is 35.1 Å². The van der Waals surface area contributed by atoms with Crippen molar-refractivity contribution in [3.63, 3.8) is 0 Å². The van der Waals surface area contributed by atoms with Crippen LogP contribution in [0.15, 0.2) is 43.0 Å². The van der Waals surface area contributed by atoms with Gasteiger partial charge in [-0.2, -0.15) is 18.3 Å². The number of aromatic nitrogens is 5. The number of ether oxygens (including phenoxy) is 1. The molecule has 224 valence electrons. The van der Waals surface area contributed by atoms with Crippen molar-refractivity contribution in [3.05, 3.63) is 71.1 Å². The minimum atomic E-state index is -4.72. The lowest BCUT2D eigenvalue weighted by molar-refractivity contribution is -0.141. The van der Waals surface area contributed by atoms with E-state index < -0.39 is 11.9 Å². The van der Waals surface area contributed by atoms with E-state index >= 15 is 0 Å². The van der Waals surface area contributed by atoms with E-state index in [-0.39, 0.29) is 35.8 Å². The van der Waals surface area contributed by atoms with Crippen molar-refractivity contribution in [1.29, 1.82) is 0 Å². The molecule has 0 saturated carbocycles. The number of alkyl halides is 3. The smallest absolute Gasteiger partial charge is 0.381 e. The maximum absolute atomic E-state index is 14.0. The Morgan fingerprint density at radius 1 is 1.02 bits per heavy atom. The highest BCUT2D eigenvalue weighted by atomic mass is 19.4. The number of ketones is 2. The molecular weight excluding hydrogens is 547 g/mol. The maximum Gasteiger partial charge on any atom is 0.435 e. The number of halogens is 3. The molecule has 0 amide bonds. The summed E-state index contributed by atoms with van der Waals surface area (Å²) in [7, 11) is 0. The molecule has 0 saturated heterocycles. The van der Waals surface area contributed by atoms with Crippen LogP contribution in [0, 0.1) is 0 Å². The molecule has 0 fully saturated rings. The van der Waals surface area contributed by atoms with Crippen molar-refractivity contribution in [2.45, 2.75) is 78.4 Å². The molecule has 8 nitrogen and oxygen atoms in total. The Morgan fingerprint density at radius 2 is 1.83 bits per heavy atom. The number of aryl methyl sites for hydroxylation is 1.